The average Bonchev–Trinajstić information content (AvgIpc) is 3.12. The standard InChI is InChI=1S/C14H27NO3/c1-4-6-11(3)18-10-9-13(14(16)17-5-2)15-12-7-8-12/h11-13,15H,4-10H2,1-3H3. The molecule has 1 rings (SSSR count). The number of carbonyl (C=O) groups excluding carboxylic acids is 1. The third-order valence-corrected chi connectivity index (χ3v) is 3.09. The Morgan fingerprint density at radius 2 is 2.06 bits per heavy atom. The smallest absolute Gasteiger partial charge is 0.323 e. The molecule has 0 aromatic rings. The van der Waals surface area contributed by atoms with Crippen LogP contribution in [0.15, 0.2) is 0 Å². The molecule has 1 fully saturated rings. The van der Waals surface area contributed by atoms with E-state index < -0.39 is 0 Å². The quantitative estimate of drug-likeness (QED) is 0.610. The van der Waals surface area contributed by atoms with Gasteiger partial charge < -0.3 is 14.8 Å². The van der Waals surface area contributed by atoms with E-state index in [0.717, 1.165) is 12.8 Å². The topological polar surface area (TPSA) is 47.6 Å². The highest BCUT2D eigenvalue weighted by molar-refractivity contribution is 5.75. The monoisotopic (exact) mass is 257 g/mol. The normalized spacial score (nSPS) is 18.4. The lowest BCUT2D eigenvalue weighted by Crippen LogP contribution is -2.40. The Morgan fingerprint density at radius 1 is 1.33 bits per heavy atom. The highest BCUT2D eigenvalue weighted by Crippen LogP contribution is 2.20. The Balaban J connectivity index is 2.24. The van der Waals surface area contributed by atoms with E-state index in [9.17, 15) is 4.79 Å². The Kier molecular flexibility index (Phi) is 7.28. The second-order valence-corrected chi connectivity index (χ2v) is 5.00. The lowest BCUT2D eigenvalue weighted by molar-refractivity contribution is -0.146. The van der Waals surface area contributed by atoms with Crippen molar-refractivity contribution >= 4 is 5.97 Å². The van der Waals surface area contributed by atoms with Gasteiger partial charge in [-0.3, -0.25) is 4.79 Å². The molecule has 18 heavy (non-hydrogen) atoms. The predicted octanol–water partition coefficient (Wildman–Crippen LogP) is 2.27. The van der Waals surface area contributed by atoms with Crippen LogP contribution >= 0.6 is 0 Å². The predicted molar refractivity (Wildman–Crippen MR) is 71.5 cm³/mol. The first-order valence-corrected chi connectivity index (χ1v) is 7.21. The van der Waals surface area contributed by atoms with Crippen LogP contribution in [0.3, 0.4) is 0 Å². The summed E-state index contributed by atoms with van der Waals surface area (Å²) in [6.07, 6.45) is 5.51. The van der Waals surface area contributed by atoms with E-state index in [4.69, 9.17) is 9.47 Å². The third-order valence-electron chi connectivity index (χ3n) is 3.09. The zero-order valence-corrected chi connectivity index (χ0v) is 11.9. The van der Waals surface area contributed by atoms with Crippen molar-refractivity contribution in [3.05, 3.63) is 0 Å². The average molecular weight is 257 g/mol. The summed E-state index contributed by atoms with van der Waals surface area (Å²) in [6.45, 7) is 7.12. The van der Waals surface area contributed by atoms with E-state index in [0.29, 0.717) is 25.7 Å². The molecule has 0 amide bonds. The van der Waals surface area contributed by atoms with Crippen LogP contribution in [0, 0.1) is 0 Å². The summed E-state index contributed by atoms with van der Waals surface area (Å²) in [7, 11) is 0. The molecule has 0 aromatic carbocycles. The summed E-state index contributed by atoms with van der Waals surface area (Å²) < 4.78 is 10.8. The van der Waals surface area contributed by atoms with Gasteiger partial charge in [0.25, 0.3) is 0 Å². The van der Waals surface area contributed by atoms with Gasteiger partial charge in [-0.25, -0.2) is 0 Å². The molecule has 1 aliphatic rings. The molecule has 0 heterocycles. The van der Waals surface area contributed by atoms with E-state index in [-0.39, 0.29) is 18.1 Å². The molecule has 4 heteroatoms. The number of ether oxygens (including phenoxy) is 2. The highest BCUT2D eigenvalue weighted by Gasteiger charge is 2.29. The zero-order chi connectivity index (χ0) is 13.4. The highest BCUT2D eigenvalue weighted by atomic mass is 16.5. The summed E-state index contributed by atoms with van der Waals surface area (Å²) in [5.41, 5.74) is 0. The van der Waals surface area contributed by atoms with E-state index in [1.165, 1.54) is 12.8 Å². The van der Waals surface area contributed by atoms with Gasteiger partial charge >= 0.3 is 5.97 Å². The van der Waals surface area contributed by atoms with Gasteiger partial charge in [0.05, 0.1) is 12.7 Å². The molecule has 1 N–H and O–H groups in total. The fourth-order valence-corrected chi connectivity index (χ4v) is 1.92. The second kappa shape index (κ2) is 8.48. The Labute approximate surface area is 110 Å². The Hall–Kier alpha value is -0.610. The summed E-state index contributed by atoms with van der Waals surface area (Å²) in [4.78, 5) is 11.8. The molecule has 4 nitrogen and oxygen atoms in total. The van der Waals surface area contributed by atoms with Crippen LogP contribution in [-0.2, 0) is 14.3 Å². The Morgan fingerprint density at radius 3 is 2.61 bits per heavy atom. The van der Waals surface area contributed by atoms with Gasteiger partial charge in [0.1, 0.15) is 6.04 Å². The molecule has 106 valence electrons. The van der Waals surface area contributed by atoms with Crippen LogP contribution in [0.2, 0.25) is 0 Å². The van der Waals surface area contributed by atoms with Gasteiger partial charge in [-0.1, -0.05) is 13.3 Å². The second-order valence-electron chi connectivity index (χ2n) is 5.00. The number of nitrogens with one attached hydrogen (secondary N) is 1. The number of hydrogen-bond donors (Lipinski definition) is 1. The maximum atomic E-state index is 11.8. The fraction of sp³-hybridized carbons (Fsp3) is 0.929. The van der Waals surface area contributed by atoms with Crippen LogP contribution in [0.1, 0.15) is 52.9 Å². The Bertz CT molecular complexity index is 241. The van der Waals surface area contributed by atoms with Crippen LogP contribution in [0.25, 0.3) is 0 Å². The van der Waals surface area contributed by atoms with Gasteiger partial charge in [-0.15, -0.1) is 0 Å². The third kappa shape index (κ3) is 6.36. The minimum Gasteiger partial charge on any atom is -0.465 e. The molecule has 0 aliphatic heterocycles. The molecule has 1 saturated carbocycles. The molecule has 1 aliphatic carbocycles. The van der Waals surface area contributed by atoms with E-state index in [1.54, 1.807) is 0 Å². The first-order valence-electron chi connectivity index (χ1n) is 7.21. The maximum absolute atomic E-state index is 11.8. The van der Waals surface area contributed by atoms with Gasteiger partial charge in [0.15, 0.2) is 0 Å². The molecular weight excluding hydrogens is 230 g/mol. The molecule has 2 unspecified atom stereocenters. The summed E-state index contributed by atoms with van der Waals surface area (Å²) >= 11 is 0. The van der Waals surface area contributed by atoms with Crippen LogP contribution < -0.4 is 5.32 Å². The molecule has 0 saturated heterocycles. The van der Waals surface area contributed by atoms with Crippen molar-refractivity contribution in [1.82, 2.24) is 5.32 Å². The summed E-state index contributed by atoms with van der Waals surface area (Å²) in [5, 5.41) is 3.33. The van der Waals surface area contributed by atoms with E-state index >= 15 is 0 Å². The van der Waals surface area contributed by atoms with Crippen molar-refractivity contribution in [1.29, 1.82) is 0 Å². The zero-order valence-electron chi connectivity index (χ0n) is 11.9. The maximum Gasteiger partial charge on any atom is 0.323 e. The number of hydrogen-bond acceptors (Lipinski definition) is 4. The number of esters is 1. The fourth-order valence-electron chi connectivity index (χ4n) is 1.92. The van der Waals surface area contributed by atoms with Crippen LogP contribution in [0.5, 0.6) is 0 Å². The number of carbonyl (C=O) groups is 1. The molecule has 0 bridgehead atoms. The first-order chi connectivity index (χ1) is 8.67. The molecule has 0 aromatic heterocycles. The van der Waals surface area contributed by atoms with Crippen molar-refractivity contribution in [3.63, 3.8) is 0 Å². The van der Waals surface area contributed by atoms with Gasteiger partial charge in [-0.2, -0.15) is 0 Å². The van der Waals surface area contributed by atoms with E-state index in [1.807, 2.05) is 6.92 Å². The van der Waals surface area contributed by atoms with Crippen molar-refractivity contribution in [2.24, 2.45) is 0 Å². The van der Waals surface area contributed by atoms with Crippen molar-refractivity contribution in [2.75, 3.05) is 13.2 Å². The first kappa shape index (κ1) is 15.4. The minimum absolute atomic E-state index is 0.142. The van der Waals surface area contributed by atoms with Crippen LogP contribution in [0.4, 0.5) is 0 Å². The number of rotatable bonds is 10. The molecule has 0 radical (unpaired) electrons. The van der Waals surface area contributed by atoms with Crippen molar-refractivity contribution in [3.8, 4) is 0 Å². The molecular formula is C14H27NO3. The van der Waals surface area contributed by atoms with Crippen molar-refractivity contribution < 1.29 is 14.3 Å². The lowest BCUT2D eigenvalue weighted by atomic mass is 10.2. The SMILES string of the molecule is CCCC(C)OCCC(NC1CC1)C(=O)OCC. The molecule has 0 spiro atoms. The summed E-state index contributed by atoms with van der Waals surface area (Å²) in [6, 6.07) is 0.304. The van der Waals surface area contributed by atoms with Gasteiger partial charge in [-0.05, 0) is 39.5 Å². The van der Waals surface area contributed by atoms with E-state index in [2.05, 4.69) is 19.2 Å². The lowest BCUT2D eigenvalue weighted by Gasteiger charge is -2.18. The largest absolute Gasteiger partial charge is 0.465 e. The van der Waals surface area contributed by atoms with Gasteiger partial charge in [0, 0.05) is 12.6 Å². The van der Waals surface area contributed by atoms with Gasteiger partial charge in [0.2, 0.25) is 0 Å². The van der Waals surface area contributed by atoms with Crippen LogP contribution in [-0.4, -0.2) is 37.4 Å². The summed E-state index contributed by atoms with van der Waals surface area (Å²) in [5.74, 6) is -0.142. The minimum atomic E-state index is -0.203. The van der Waals surface area contributed by atoms with Crippen molar-refractivity contribution in [2.45, 2.75) is 71.1 Å². The molecule has 2 atom stereocenters.